The van der Waals surface area contributed by atoms with Crippen LogP contribution in [0.25, 0.3) is 0 Å². The molecule has 1 amide bonds. The number of nitrogens with two attached hydrogens (primary N) is 1. The van der Waals surface area contributed by atoms with Gasteiger partial charge in [-0.2, -0.15) is 0 Å². The Morgan fingerprint density at radius 3 is 2.38 bits per heavy atom. The summed E-state index contributed by atoms with van der Waals surface area (Å²) in [5, 5.41) is 2.57. The molecule has 0 heterocycles. The molecule has 0 bridgehead atoms. The normalized spacial score (nSPS) is 9.95. The molecule has 0 aliphatic carbocycles. The summed E-state index contributed by atoms with van der Waals surface area (Å²) in [5.74, 6) is -0.856. The first-order chi connectivity index (χ1) is 10.2. The molecule has 5 heteroatoms. The van der Waals surface area contributed by atoms with E-state index in [1.54, 1.807) is 24.3 Å². The minimum atomic E-state index is -0.494. The first kappa shape index (κ1) is 14.7. The lowest BCUT2D eigenvalue weighted by Gasteiger charge is -2.10. The number of anilines is 1. The van der Waals surface area contributed by atoms with Crippen LogP contribution in [0.4, 0.5) is 5.69 Å². The van der Waals surface area contributed by atoms with Gasteiger partial charge in [0, 0.05) is 0 Å². The summed E-state index contributed by atoms with van der Waals surface area (Å²) in [6.45, 7) is 0.0340. The van der Waals surface area contributed by atoms with Crippen LogP contribution in [0, 0.1) is 0 Å². The van der Waals surface area contributed by atoms with E-state index in [1.807, 2.05) is 30.3 Å². The third kappa shape index (κ3) is 4.15. The topological polar surface area (TPSA) is 81.4 Å². The highest BCUT2D eigenvalue weighted by atomic mass is 16.5. The van der Waals surface area contributed by atoms with Gasteiger partial charge in [-0.3, -0.25) is 4.79 Å². The Labute approximate surface area is 122 Å². The van der Waals surface area contributed by atoms with E-state index in [2.05, 4.69) is 5.32 Å². The molecule has 3 N–H and O–H groups in total. The van der Waals surface area contributed by atoms with Crippen LogP contribution < -0.4 is 11.1 Å². The van der Waals surface area contributed by atoms with E-state index in [-0.39, 0.29) is 19.1 Å². The van der Waals surface area contributed by atoms with Gasteiger partial charge in [0.15, 0.2) is 0 Å². The second kappa shape index (κ2) is 7.21. The fraction of sp³-hybridized carbons (Fsp3) is 0.125. The predicted molar refractivity (Wildman–Crippen MR) is 79.7 cm³/mol. The highest BCUT2D eigenvalue weighted by molar-refractivity contribution is 6.01. The lowest BCUT2D eigenvalue weighted by molar-refractivity contribution is -0.114. The number of rotatable bonds is 5. The summed E-state index contributed by atoms with van der Waals surface area (Å²) < 4.78 is 5.25. The summed E-state index contributed by atoms with van der Waals surface area (Å²) in [6.07, 6.45) is 0. The molecule has 0 fully saturated rings. The van der Waals surface area contributed by atoms with Gasteiger partial charge in [-0.05, 0) is 17.7 Å². The zero-order valence-electron chi connectivity index (χ0n) is 11.4. The number of hydrogen-bond acceptors (Lipinski definition) is 4. The maximum absolute atomic E-state index is 12.1. The van der Waals surface area contributed by atoms with Crippen LogP contribution >= 0.6 is 0 Å². The summed E-state index contributed by atoms with van der Waals surface area (Å²) in [5.41, 5.74) is 6.85. The maximum atomic E-state index is 12.1. The number of amides is 1. The van der Waals surface area contributed by atoms with Crippen molar-refractivity contribution >= 4 is 17.6 Å². The van der Waals surface area contributed by atoms with Gasteiger partial charge in [0.25, 0.3) is 0 Å². The summed E-state index contributed by atoms with van der Waals surface area (Å²) in [6, 6.07) is 16.0. The number of carbonyl (C=O) groups excluding carboxylic acids is 2. The molecule has 108 valence electrons. The van der Waals surface area contributed by atoms with E-state index in [1.165, 1.54) is 0 Å². The minimum absolute atomic E-state index is 0.145. The number of para-hydroxylation sites is 1. The molecule has 5 nitrogen and oxygen atoms in total. The molecule has 2 aromatic carbocycles. The molecule has 0 atom stereocenters. The number of benzene rings is 2. The quantitative estimate of drug-likeness (QED) is 0.822. The van der Waals surface area contributed by atoms with Crippen LogP contribution in [-0.2, 0) is 16.1 Å². The molecule has 0 saturated carbocycles. The Kier molecular flexibility index (Phi) is 5.06. The van der Waals surface area contributed by atoms with Crippen molar-refractivity contribution < 1.29 is 14.3 Å². The van der Waals surface area contributed by atoms with Gasteiger partial charge in [-0.25, -0.2) is 4.79 Å². The second-order valence-electron chi connectivity index (χ2n) is 4.36. The van der Waals surface area contributed by atoms with Crippen LogP contribution in [0.5, 0.6) is 0 Å². The monoisotopic (exact) mass is 284 g/mol. The van der Waals surface area contributed by atoms with E-state index in [4.69, 9.17) is 10.5 Å². The van der Waals surface area contributed by atoms with E-state index >= 15 is 0 Å². The average molecular weight is 284 g/mol. The highest BCUT2D eigenvalue weighted by Gasteiger charge is 2.13. The minimum Gasteiger partial charge on any atom is -0.457 e. The zero-order chi connectivity index (χ0) is 15.1. The second-order valence-corrected chi connectivity index (χ2v) is 4.36. The largest absolute Gasteiger partial charge is 0.457 e. The molecule has 0 saturated heterocycles. The third-order valence-electron chi connectivity index (χ3n) is 2.82. The van der Waals surface area contributed by atoms with Crippen LogP contribution in [0.3, 0.4) is 0 Å². The van der Waals surface area contributed by atoms with Crippen molar-refractivity contribution in [1.82, 2.24) is 0 Å². The van der Waals surface area contributed by atoms with Gasteiger partial charge in [0.1, 0.15) is 6.61 Å². The molecule has 2 rings (SSSR count). The lowest BCUT2D eigenvalue weighted by Crippen LogP contribution is -2.23. The van der Waals surface area contributed by atoms with E-state index < -0.39 is 5.97 Å². The maximum Gasteiger partial charge on any atom is 0.340 e. The molecule has 0 unspecified atom stereocenters. The number of carbonyl (C=O) groups is 2. The molecule has 0 radical (unpaired) electrons. The van der Waals surface area contributed by atoms with Crippen molar-refractivity contribution in [3.63, 3.8) is 0 Å². The summed E-state index contributed by atoms with van der Waals surface area (Å²) >= 11 is 0. The first-order valence-corrected chi connectivity index (χ1v) is 6.50. The van der Waals surface area contributed by atoms with Crippen LogP contribution in [0.2, 0.25) is 0 Å². The molecular formula is C16H16N2O3. The molecule has 0 aromatic heterocycles. The number of esters is 1. The van der Waals surface area contributed by atoms with Crippen LogP contribution in [0.1, 0.15) is 15.9 Å². The zero-order valence-corrected chi connectivity index (χ0v) is 11.4. The Morgan fingerprint density at radius 1 is 1.00 bits per heavy atom. The van der Waals surface area contributed by atoms with Crippen molar-refractivity contribution in [3.8, 4) is 0 Å². The van der Waals surface area contributed by atoms with E-state index in [0.29, 0.717) is 11.3 Å². The van der Waals surface area contributed by atoms with Gasteiger partial charge in [0.2, 0.25) is 5.91 Å². The van der Waals surface area contributed by atoms with Gasteiger partial charge in [-0.1, -0.05) is 42.5 Å². The molecule has 0 aliphatic rings. The van der Waals surface area contributed by atoms with Gasteiger partial charge in [0.05, 0.1) is 17.8 Å². The smallest absolute Gasteiger partial charge is 0.340 e. The Hall–Kier alpha value is -2.66. The van der Waals surface area contributed by atoms with Crippen molar-refractivity contribution in [2.24, 2.45) is 5.73 Å². The van der Waals surface area contributed by atoms with Crippen LogP contribution in [0.15, 0.2) is 54.6 Å². The average Bonchev–Trinajstić information content (AvgIpc) is 2.54. The van der Waals surface area contributed by atoms with Crippen molar-refractivity contribution in [2.75, 3.05) is 11.9 Å². The van der Waals surface area contributed by atoms with Gasteiger partial charge < -0.3 is 15.8 Å². The van der Waals surface area contributed by atoms with Crippen LogP contribution in [-0.4, -0.2) is 18.4 Å². The number of nitrogens with one attached hydrogen (secondary N) is 1. The summed E-state index contributed by atoms with van der Waals surface area (Å²) in [7, 11) is 0. The van der Waals surface area contributed by atoms with Crippen molar-refractivity contribution in [1.29, 1.82) is 0 Å². The van der Waals surface area contributed by atoms with Gasteiger partial charge in [-0.15, -0.1) is 0 Å². The van der Waals surface area contributed by atoms with Gasteiger partial charge >= 0.3 is 5.97 Å². The molecule has 0 aliphatic heterocycles. The van der Waals surface area contributed by atoms with Crippen molar-refractivity contribution in [3.05, 3.63) is 65.7 Å². The fourth-order valence-electron chi connectivity index (χ4n) is 1.77. The van der Waals surface area contributed by atoms with E-state index in [9.17, 15) is 9.59 Å². The Bertz CT molecular complexity index is 626. The van der Waals surface area contributed by atoms with Crippen molar-refractivity contribution in [2.45, 2.75) is 6.61 Å². The SMILES string of the molecule is NCC(=O)Nc1ccccc1C(=O)OCc1ccccc1. The summed E-state index contributed by atoms with van der Waals surface area (Å²) in [4.78, 5) is 23.5. The number of hydrogen-bond donors (Lipinski definition) is 2. The molecule has 21 heavy (non-hydrogen) atoms. The Balaban J connectivity index is 2.07. The first-order valence-electron chi connectivity index (χ1n) is 6.50. The highest BCUT2D eigenvalue weighted by Crippen LogP contribution is 2.16. The molecular weight excluding hydrogens is 268 g/mol. The third-order valence-corrected chi connectivity index (χ3v) is 2.82. The fourth-order valence-corrected chi connectivity index (χ4v) is 1.77. The molecule has 2 aromatic rings. The molecule has 0 spiro atoms. The predicted octanol–water partition coefficient (Wildman–Crippen LogP) is 1.94. The van der Waals surface area contributed by atoms with E-state index in [0.717, 1.165) is 5.56 Å². The Morgan fingerprint density at radius 2 is 1.67 bits per heavy atom. The standard InChI is InChI=1S/C16H16N2O3/c17-10-15(19)18-14-9-5-4-8-13(14)16(20)21-11-12-6-2-1-3-7-12/h1-9H,10-11,17H2,(H,18,19). The lowest BCUT2D eigenvalue weighted by atomic mass is 10.1. The number of ether oxygens (including phenoxy) is 1.